The Labute approximate surface area is 66.1 Å². The second-order valence-corrected chi connectivity index (χ2v) is 8.99. The minimum absolute atomic E-state index is 0.452. The van der Waals surface area contributed by atoms with Crippen molar-refractivity contribution < 1.29 is 0 Å². The number of halogens is 1. The van der Waals surface area contributed by atoms with Crippen LogP contribution in [0.4, 0.5) is 0 Å². The van der Waals surface area contributed by atoms with Gasteiger partial charge >= 0.3 is 66.0 Å². The van der Waals surface area contributed by atoms with E-state index in [1.54, 1.807) is 0 Å². The maximum atomic E-state index is 2.33. The Balaban J connectivity index is 3.31. The third kappa shape index (κ3) is 4.94. The predicted molar refractivity (Wildman–Crippen MR) is 54.8 cm³/mol. The SMILES string of the molecule is CC=CCI(CC)CC. The van der Waals surface area contributed by atoms with Crippen molar-refractivity contribution in [2.24, 2.45) is 0 Å². The molecule has 0 bridgehead atoms. The summed E-state index contributed by atoms with van der Waals surface area (Å²) in [6, 6.07) is 0. The summed E-state index contributed by atoms with van der Waals surface area (Å²) >= 11 is -0.452. The van der Waals surface area contributed by atoms with Crippen molar-refractivity contribution in [3.05, 3.63) is 12.2 Å². The van der Waals surface area contributed by atoms with E-state index < -0.39 is 19.8 Å². The van der Waals surface area contributed by atoms with Gasteiger partial charge in [0.2, 0.25) is 0 Å². The van der Waals surface area contributed by atoms with Crippen LogP contribution in [0.2, 0.25) is 0 Å². The number of rotatable bonds is 4. The molecule has 0 spiro atoms. The Bertz CT molecular complexity index is 72.6. The monoisotopic (exact) mass is 240 g/mol. The molecule has 0 fully saturated rings. The van der Waals surface area contributed by atoms with Gasteiger partial charge in [0, 0.05) is 0 Å². The molecule has 0 rings (SSSR count). The molecule has 0 saturated carbocycles. The van der Waals surface area contributed by atoms with Gasteiger partial charge in [0.05, 0.1) is 0 Å². The molecule has 0 radical (unpaired) electrons. The summed E-state index contributed by atoms with van der Waals surface area (Å²) in [6.07, 6.45) is 4.51. The Morgan fingerprint density at radius 1 is 1.22 bits per heavy atom. The van der Waals surface area contributed by atoms with Gasteiger partial charge in [-0.2, -0.15) is 0 Å². The van der Waals surface area contributed by atoms with Crippen LogP contribution < -0.4 is 0 Å². The molecule has 0 nitrogen and oxygen atoms in total. The Hall–Kier alpha value is 0.470. The van der Waals surface area contributed by atoms with Crippen LogP contribution in [0, 0.1) is 0 Å². The van der Waals surface area contributed by atoms with Crippen LogP contribution in [0.15, 0.2) is 12.2 Å². The molecule has 0 aliphatic carbocycles. The number of allylic oxidation sites excluding steroid dienone is 2. The van der Waals surface area contributed by atoms with Gasteiger partial charge in [-0.3, -0.25) is 0 Å². The molecule has 0 unspecified atom stereocenters. The molecule has 56 valence electrons. The minimum atomic E-state index is -0.452. The number of alkyl halides is 3. The van der Waals surface area contributed by atoms with Crippen molar-refractivity contribution in [3.8, 4) is 0 Å². The van der Waals surface area contributed by atoms with E-state index in [0.29, 0.717) is 0 Å². The van der Waals surface area contributed by atoms with Crippen LogP contribution in [0.3, 0.4) is 0 Å². The fourth-order valence-corrected chi connectivity index (χ4v) is 4.17. The van der Waals surface area contributed by atoms with Crippen molar-refractivity contribution in [2.75, 3.05) is 13.3 Å². The van der Waals surface area contributed by atoms with E-state index in [9.17, 15) is 0 Å². The van der Waals surface area contributed by atoms with Crippen LogP contribution >= 0.6 is 19.8 Å². The van der Waals surface area contributed by atoms with Crippen LogP contribution in [-0.2, 0) is 0 Å². The topological polar surface area (TPSA) is 0 Å². The Kier molecular flexibility index (Phi) is 6.93. The van der Waals surface area contributed by atoms with Crippen LogP contribution in [0.5, 0.6) is 0 Å². The third-order valence-corrected chi connectivity index (χ3v) is 7.37. The molecule has 1 heteroatoms. The zero-order valence-corrected chi connectivity index (χ0v) is 8.81. The van der Waals surface area contributed by atoms with E-state index in [4.69, 9.17) is 0 Å². The fourth-order valence-electron chi connectivity index (χ4n) is 0.622. The molecule has 0 aliphatic rings. The van der Waals surface area contributed by atoms with Crippen molar-refractivity contribution in [2.45, 2.75) is 20.8 Å². The molecule has 0 saturated heterocycles. The molecule has 9 heavy (non-hydrogen) atoms. The molecule has 0 atom stereocenters. The van der Waals surface area contributed by atoms with Crippen LogP contribution in [0.1, 0.15) is 20.8 Å². The zero-order chi connectivity index (χ0) is 7.11. The molecular weight excluding hydrogens is 223 g/mol. The average molecular weight is 240 g/mol. The molecule has 0 aromatic heterocycles. The van der Waals surface area contributed by atoms with Gasteiger partial charge in [-0.25, -0.2) is 0 Å². The van der Waals surface area contributed by atoms with Gasteiger partial charge in [0.1, 0.15) is 0 Å². The Morgan fingerprint density at radius 2 is 1.78 bits per heavy atom. The van der Waals surface area contributed by atoms with E-state index in [-0.39, 0.29) is 0 Å². The first kappa shape index (κ1) is 9.47. The summed E-state index contributed by atoms with van der Waals surface area (Å²) in [5.74, 6) is 0. The van der Waals surface area contributed by atoms with Crippen molar-refractivity contribution in [1.29, 1.82) is 0 Å². The predicted octanol–water partition coefficient (Wildman–Crippen LogP) is 3.11. The normalized spacial score (nSPS) is 12.6. The van der Waals surface area contributed by atoms with E-state index in [1.807, 2.05) is 0 Å². The van der Waals surface area contributed by atoms with E-state index in [0.717, 1.165) is 0 Å². The van der Waals surface area contributed by atoms with Gasteiger partial charge in [0.25, 0.3) is 0 Å². The Morgan fingerprint density at radius 3 is 2.11 bits per heavy atom. The van der Waals surface area contributed by atoms with Crippen molar-refractivity contribution in [1.82, 2.24) is 0 Å². The number of hydrogen-bond acceptors (Lipinski definition) is 0. The van der Waals surface area contributed by atoms with Gasteiger partial charge in [0.15, 0.2) is 0 Å². The third-order valence-electron chi connectivity index (χ3n) is 1.30. The molecule has 0 amide bonds. The zero-order valence-electron chi connectivity index (χ0n) is 6.65. The summed E-state index contributed by atoms with van der Waals surface area (Å²) in [7, 11) is 0. The van der Waals surface area contributed by atoms with Gasteiger partial charge in [-0.05, 0) is 0 Å². The summed E-state index contributed by atoms with van der Waals surface area (Å²) in [4.78, 5) is 0. The summed E-state index contributed by atoms with van der Waals surface area (Å²) in [5, 5.41) is 0. The first-order chi connectivity index (χ1) is 4.35. The van der Waals surface area contributed by atoms with Gasteiger partial charge < -0.3 is 0 Å². The van der Waals surface area contributed by atoms with Gasteiger partial charge in [-0.1, -0.05) is 0 Å². The summed E-state index contributed by atoms with van der Waals surface area (Å²) in [6.45, 7) is 6.77. The summed E-state index contributed by atoms with van der Waals surface area (Å²) < 4.78 is 4.38. The van der Waals surface area contributed by atoms with E-state index in [2.05, 4.69) is 32.9 Å². The van der Waals surface area contributed by atoms with Crippen molar-refractivity contribution in [3.63, 3.8) is 0 Å². The molecule has 0 aromatic rings. The van der Waals surface area contributed by atoms with Crippen LogP contribution in [-0.4, -0.2) is 13.3 Å². The van der Waals surface area contributed by atoms with Crippen molar-refractivity contribution >= 4 is 19.8 Å². The van der Waals surface area contributed by atoms with Gasteiger partial charge in [-0.15, -0.1) is 0 Å². The molecule has 0 N–H and O–H groups in total. The first-order valence-electron chi connectivity index (χ1n) is 3.53. The fraction of sp³-hybridized carbons (Fsp3) is 0.750. The number of hydrogen-bond donors (Lipinski definition) is 0. The first-order valence-corrected chi connectivity index (χ1v) is 8.11. The summed E-state index contributed by atoms with van der Waals surface area (Å²) in [5.41, 5.74) is 0. The second-order valence-electron chi connectivity index (χ2n) is 1.82. The molecular formula is C8H17I. The standard InChI is InChI=1S/C8H17I/c1-4-7-8-9(5-2)6-3/h4,7H,5-6,8H2,1-3H3. The van der Waals surface area contributed by atoms with E-state index in [1.165, 1.54) is 13.3 Å². The molecule has 0 aliphatic heterocycles. The van der Waals surface area contributed by atoms with Crippen LogP contribution in [0.25, 0.3) is 0 Å². The van der Waals surface area contributed by atoms with E-state index >= 15 is 0 Å². The second kappa shape index (κ2) is 6.59. The molecule has 0 aromatic carbocycles. The quantitative estimate of drug-likeness (QED) is 0.402. The maximum absolute atomic E-state index is 2.33. The molecule has 0 heterocycles. The average Bonchev–Trinajstić information content (AvgIpc) is 1.91.